The molecule has 0 bridgehead atoms. The van der Waals surface area contributed by atoms with Crippen molar-refractivity contribution < 1.29 is 9.18 Å². The van der Waals surface area contributed by atoms with Crippen molar-refractivity contribution in [2.75, 3.05) is 6.54 Å². The molecule has 1 saturated carbocycles. The lowest BCUT2D eigenvalue weighted by Crippen LogP contribution is -2.39. The lowest BCUT2D eigenvalue weighted by molar-refractivity contribution is -0.130. The Bertz CT molecular complexity index is 227. The molecule has 0 radical (unpaired) electrons. The summed E-state index contributed by atoms with van der Waals surface area (Å²) in [7, 11) is 0. The molecular formula is C10H16FNO. The van der Waals surface area contributed by atoms with Crippen LogP contribution in [0.15, 0.2) is 0 Å². The molecule has 2 nitrogen and oxygen atoms in total. The molecule has 0 atom stereocenters. The van der Waals surface area contributed by atoms with Gasteiger partial charge in [0.2, 0.25) is 5.91 Å². The van der Waals surface area contributed by atoms with Crippen LogP contribution in [0.2, 0.25) is 0 Å². The zero-order valence-electron chi connectivity index (χ0n) is 8.03. The molecule has 1 N–H and O–H groups in total. The summed E-state index contributed by atoms with van der Waals surface area (Å²) >= 11 is 0. The van der Waals surface area contributed by atoms with Crippen LogP contribution < -0.4 is 5.32 Å². The monoisotopic (exact) mass is 185 g/mol. The molecule has 1 saturated heterocycles. The van der Waals surface area contributed by atoms with Crippen molar-refractivity contribution in [1.82, 2.24) is 5.32 Å². The smallest absolute Gasteiger partial charge is 0.226 e. The van der Waals surface area contributed by atoms with E-state index in [0.29, 0.717) is 12.8 Å². The number of hydrogen-bond acceptors (Lipinski definition) is 1. The molecule has 1 spiro atoms. The lowest BCUT2D eigenvalue weighted by Gasteiger charge is -2.36. The van der Waals surface area contributed by atoms with Gasteiger partial charge in [0.25, 0.3) is 0 Å². The number of carbonyl (C=O) groups is 1. The van der Waals surface area contributed by atoms with E-state index in [9.17, 15) is 9.18 Å². The minimum absolute atomic E-state index is 0.156. The van der Waals surface area contributed by atoms with Crippen molar-refractivity contribution in [3.05, 3.63) is 0 Å². The predicted molar refractivity (Wildman–Crippen MR) is 48.0 cm³/mol. The first kappa shape index (κ1) is 8.97. The molecule has 1 amide bonds. The molecule has 1 aliphatic heterocycles. The van der Waals surface area contributed by atoms with E-state index in [2.05, 4.69) is 5.32 Å². The first-order valence-electron chi connectivity index (χ1n) is 5.01. The van der Waals surface area contributed by atoms with Gasteiger partial charge >= 0.3 is 0 Å². The molecule has 1 heterocycles. The second-order valence-electron chi connectivity index (χ2n) is 4.70. The number of carbonyl (C=O) groups excluding carboxylic acids is 1. The summed E-state index contributed by atoms with van der Waals surface area (Å²) in [5.74, 6) is 0.156. The summed E-state index contributed by atoms with van der Waals surface area (Å²) in [4.78, 5) is 11.5. The number of rotatable bonds is 0. The Morgan fingerprint density at radius 3 is 2.31 bits per heavy atom. The molecule has 2 rings (SSSR count). The number of amides is 1. The van der Waals surface area contributed by atoms with Crippen molar-refractivity contribution in [1.29, 1.82) is 0 Å². The van der Waals surface area contributed by atoms with Crippen LogP contribution in [-0.2, 0) is 4.79 Å². The average Bonchev–Trinajstić information content (AvgIpc) is 2.41. The third kappa shape index (κ3) is 1.45. The highest BCUT2D eigenvalue weighted by atomic mass is 19.1. The Labute approximate surface area is 77.9 Å². The number of hydrogen-bond donors (Lipinski definition) is 1. The summed E-state index contributed by atoms with van der Waals surface area (Å²) in [6.45, 7) is 2.43. The van der Waals surface area contributed by atoms with Crippen molar-refractivity contribution >= 4 is 5.91 Å². The van der Waals surface area contributed by atoms with Crippen molar-refractivity contribution in [2.24, 2.45) is 5.41 Å². The Morgan fingerprint density at radius 2 is 1.85 bits per heavy atom. The fourth-order valence-electron chi connectivity index (χ4n) is 2.44. The SMILES string of the molecule is CC1(F)CCC2(CCNC2=O)CC1. The fraction of sp³-hybridized carbons (Fsp3) is 0.900. The van der Waals surface area contributed by atoms with Crippen LogP contribution in [-0.4, -0.2) is 18.1 Å². The van der Waals surface area contributed by atoms with E-state index in [1.54, 1.807) is 6.92 Å². The van der Waals surface area contributed by atoms with E-state index in [-0.39, 0.29) is 11.3 Å². The minimum Gasteiger partial charge on any atom is -0.356 e. The van der Waals surface area contributed by atoms with Gasteiger partial charge in [0.15, 0.2) is 0 Å². The van der Waals surface area contributed by atoms with Gasteiger partial charge in [0, 0.05) is 6.54 Å². The first-order valence-corrected chi connectivity index (χ1v) is 5.01. The summed E-state index contributed by atoms with van der Waals surface area (Å²) in [6.07, 6.45) is 3.44. The molecule has 0 aromatic heterocycles. The topological polar surface area (TPSA) is 29.1 Å². The van der Waals surface area contributed by atoms with E-state index in [0.717, 1.165) is 25.8 Å². The zero-order chi connectivity index (χ0) is 9.53. The van der Waals surface area contributed by atoms with Crippen LogP contribution in [0.4, 0.5) is 4.39 Å². The standard InChI is InChI=1S/C10H16FNO/c1-9(11)2-4-10(5-3-9)6-7-12-8(10)13/h2-7H2,1H3,(H,12,13). The molecule has 3 heteroatoms. The number of halogens is 1. The number of alkyl halides is 1. The molecule has 0 unspecified atom stereocenters. The van der Waals surface area contributed by atoms with Gasteiger partial charge in [-0.2, -0.15) is 0 Å². The molecule has 2 fully saturated rings. The molecule has 0 aromatic carbocycles. The Kier molecular flexibility index (Phi) is 1.86. The van der Waals surface area contributed by atoms with Gasteiger partial charge in [-0.3, -0.25) is 4.79 Å². The van der Waals surface area contributed by atoms with Gasteiger partial charge in [0.05, 0.1) is 5.41 Å². The molecule has 1 aliphatic carbocycles. The Hall–Kier alpha value is -0.600. The van der Waals surface area contributed by atoms with Gasteiger partial charge in [-0.25, -0.2) is 4.39 Å². The molecule has 74 valence electrons. The predicted octanol–water partition coefficient (Wildman–Crippen LogP) is 1.79. The quantitative estimate of drug-likeness (QED) is 0.612. The second-order valence-corrected chi connectivity index (χ2v) is 4.70. The van der Waals surface area contributed by atoms with Gasteiger partial charge in [-0.05, 0) is 39.0 Å². The summed E-state index contributed by atoms with van der Waals surface area (Å²) in [5.41, 5.74) is -1.24. The van der Waals surface area contributed by atoms with Crippen LogP contribution in [0, 0.1) is 5.41 Å². The fourth-order valence-corrected chi connectivity index (χ4v) is 2.44. The molecule has 2 aliphatic rings. The Morgan fingerprint density at radius 1 is 1.23 bits per heavy atom. The second kappa shape index (κ2) is 2.69. The summed E-state index contributed by atoms with van der Waals surface area (Å²) < 4.78 is 13.5. The van der Waals surface area contributed by atoms with E-state index in [1.165, 1.54) is 0 Å². The largest absolute Gasteiger partial charge is 0.356 e. The summed E-state index contributed by atoms with van der Waals surface area (Å²) in [5, 5.41) is 2.85. The normalized spacial score (nSPS) is 45.2. The lowest BCUT2D eigenvalue weighted by atomic mass is 9.69. The van der Waals surface area contributed by atoms with Crippen molar-refractivity contribution in [3.63, 3.8) is 0 Å². The summed E-state index contributed by atoms with van der Waals surface area (Å²) in [6, 6.07) is 0. The van der Waals surface area contributed by atoms with Gasteiger partial charge in [-0.15, -0.1) is 0 Å². The van der Waals surface area contributed by atoms with Crippen LogP contribution in [0.25, 0.3) is 0 Å². The van der Waals surface area contributed by atoms with E-state index < -0.39 is 5.67 Å². The Balaban J connectivity index is 2.08. The van der Waals surface area contributed by atoms with E-state index in [4.69, 9.17) is 0 Å². The van der Waals surface area contributed by atoms with Crippen LogP contribution in [0.3, 0.4) is 0 Å². The maximum absolute atomic E-state index is 13.5. The number of nitrogens with one attached hydrogen (secondary N) is 1. The molecule has 13 heavy (non-hydrogen) atoms. The van der Waals surface area contributed by atoms with Gasteiger partial charge < -0.3 is 5.32 Å². The highest BCUT2D eigenvalue weighted by Crippen LogP contribution is 2.46. The highest BCUT2D eigenvalue weighted by molar-refractivity contribution is 5.84. The van der Waals surface area contributed by atoms with Gasteiger partial charge in [-0.1, -0.05) is 0 Å². The van der Waals surface area contributed by atoms with Crippen LogP contribution in [0.5, 0.6) is 0 Å². The minimum atomic E-state index is -1.03. The average molecular weight is 185 g/mol. The van der Waals surface area contributed by atoms with Crippen LogP contribution in [0.1, 0.15) is 39.0 Å². The van der Waals surface area contributed by atoms with Crippen molar-refractivity contribution in [3.8, 4) is 0 Å². The highest BCUT2D eigenvalue weighted by Gasteiger charge is 2.47. The van der Waals surface area contributed by atoms with Crippen LogP contribution >= 0.6 is 0 Å². The molecule has 0 aromatic rings. The zero-order valence-corrected chi connectivity index (χ0v) is 8.03. The third-order valence-corrected chi connectivity index (χ3v) is 3.62. The first-order chi connectivity index (χ1) is 6.04. The maximum atomic E-state index is 13.5. The molecular weight excluding hydrogens is 169 g/mol. The van der Waals surface area contributed by atoms with E-state index >= 15 is 0 Å². The maximum Gasteiger partial charge on any atom is 0.226 e. The van der Waals surface area contributed by atoms with Crippen molar-refractivity contribution in [2.45, 2.75) is 44.7 Å². The van der Waals surface area contributed by atoms with Gasteiger partial charge in [0.1, 0.15) is 5.67 Å². The third-order valence-electron chi connectivity index (χ3n) is 3.62. The van der Waals surface area contributed by atoms with E-state index in [1.807, 2.05) is 0 Å².